The number of aliphatic hydroxyl groups excluding tert-OH is 1. The molecule has 0 bridgehead atoms. The van der Waals surface area contributed by atoms with Crippen molar-refractivity contribution in [2.24, 2.45) is 0 Å². The van der Waals surface area contributed by atoms with E-state index in [0.29, 0.717) is 17.9 Å². The lowest BCUT2D eigenvalue weighted by Crippen LogP contribution is -2.30. The number of hydrogen-bond donors (Lipinski definition) is 2. The standard InChI is InChI=1S/C12H17NO3S/c1-10(17(16)9-5-8-14)12(15)13-11-6-3-2-4-7-11/h2-4,6-7,10,14H,5,8-9H2,1H3,(H,13,15). The van der Waals surface area contributed by atoms with Crippen molar-refractivity contribution in [3.05, 3.63) is 30.3 Å². The molecule has 0 fully saturated rings. The predicted molar refractivity (Wildman–Crippen MR) is 69.2 cm³/mol. The minimum atomic E-state index is -1.24. The normalized spacial score (nSPS) is 14.0. The fraction of sp³-hybridized carbons (Fsp3) is 0.417. The second kappa shape index (κ2) is 7.19. The van der Waals surface area contributed by atoms with Crippen molar-refractivity contribution in [3.63, 3.8) is 0 Å². The van der Waals surface area contributed by atoms with Crippen LogP contribution in [-0.2, 0) is 15.6 Å². The van der Waals surface area contributed by atoms with Crippen LogP contribution in [0.15, 0.2) is 30.3 Å². The van der Waals surface area contributed by atoms with Gasteiger partial charge in [-0.1, -0.05) is 18.2 Å². The Morgan fingerprint density at radius 1 is 1.41 bits per heavy atom. The third kappa shape index (κ3) is 4.66. The van der Waals surface area contributed by atoms with Crippen molar-refractivity contribution in [1.29, 1.82) is 0 Å². The molecule has 0 saturated carbocycles. The van der Waals surface area contributed by atoms with E-state index in [-0.39, 0.29) is 12.5 Å². The summed E-state index contributed by atoms with van der Waals surface area (Å²) in [6.07, 6.45) is 0.454. The van der Waals surface area contributed by atoms with Crippen LogP contribution < -0.4 is 5.32 Å². The first-order chi connectivity index (χ1) is 8.15. The summed E-state index contributed by atoms with van der Waals surface area (Å²) >= 11 is 0. The molecule has 2 atom stereocenters. The summed E-state index contributed by atoms with van der Waals surface area (Å²) in [5, 5.41) is 10.8. The fourth-order valence-electron chi connectivity index (χ4n) is 1.27. The largest absolute Gasteiger partial charge is 0.396 e. The molecule has 4 nitrogen and oxygen atoms in total. The van der Waals surface area contributed by atoms with Gasteiger partial charge in [0, 0.05) is 28.8 Å². The maximum absolute atomic E-state index is 11.8. The summed E-state index contributed by atoms with van der Waals surface area (Å²) in [6, 6.07) is 9.06. The number of amides is 1. The average molecular weight is 255 g/mol. The molecule has 0 radical (unpaired) electrons. The van der Waals surface area contributed by atoms with Gasteiger partial charge < -0.3 is 10.4 Å². The molecule has 2 N–H and O–H groups in total. The maximum atomic E-state index is 11.8. The van der Waals surface area contributed by atoms with Crippen molar-refractivity contribution in [1.82, 2.24) is 0 Å². The van der Waals surface area contributed by atoms with E-state index in [9.17, 15) is 9.00 Å². The van der Waals surface area contributed by atoms with Gasteiger partial charge in [-0.2, -0.15) is 0 Å². The predicted octanol–water partition coefficient (Wildman–Crippen LogP) is 1.14. The Morgan fingerprint density at radius 3 is 2.65 bits per heavy atom. The Kier molecular flexibility index (Phi) is 5.86. The highest BCUT2D eigenvalue weighted by molar-refractivity contribution is 7.86. The van der Waals surface area contributed by atoms with E-state index in [2.05, 4.69) is 5.32 Å². The molecule has 0 aliphatic carbocycles. The average Bonchev–Trinajstić information content (AvgIpc) is 2.36. The third-order valence-electron chi connectivity index (χ3n) is 2.31. The Morgan fingerprint density at radius 2 is 2.06 bits per heavy atom. The molecule has 0 spiro atoms. The first kappa shape index (κ1) is 13.9. The van der Waals surface area contributed by atoms with Gasteiger partial charge in [-0.25, -0.2) is 0 Å². The van der Waals surface area contributed by atoms with Crippen LogP contribution >= 0.6 is 0 Å². The van der Waals surface area contributed by atoms with Crippen molar-refractivity contribution < 1.29 is 14.1 Å². The van der Waals surface area contributed by atoms with E-state index in [1.54, 1.807) is 19.1 Å². The SMILES string of the molecule is CC(C(=O)Nc1ccccc1)S(=O)CCCO. The van der Waals surface area contributed by atoms with Crippen molar-refractivity contribution in [3.8, 4) is 0 Å². The van der Waals surface area contributed by atoms with Crippen LogP contribution in [0.25, 0.3) is 0 Å². The van der Waals surface area contributed by atoms with Crippen molar-refractivity contribution >= 4 is 22.4 Å². The van der Waals surface area contributed by atoms with Gasteiger partial charge in [0.25, 0.3) is 0 Å². The number of para-hydroxylation sites is 1. The lowest BCUT2D eigenvalue weighted by atomic mass is 10.3. The zero-order valence-corrected chi connectivity index (χ0v) is 10.6. The minimum Gasteiger partial charge on any atom is -0.396 e. The minimum absolute atomic E-state index is 0.00123. The van der Waals surface area contributed by atoms with Gasteiger partial charge in [-0.3, -0.25) is 9.00 Å². The van der Waals surface area contributed by atoms with Crippen LogP contribution in [0.5, 0.6) is 0 Å². The third-order valence-corrected chi connectivity index (χ3v) is 4.00. The van der Waals surface area contributed by atoms with Crippen molar-refractivity contribution in [2.45, 2.75) is 18.6 Å². The number of anilines is 1. The Bertz CT molecular complexity index is 381. The van der Waals surface area contributed by atoms with Gasteiger partial charge in [0.1, 0.15) is 5.25 Å². The quantitative estimate of drug-likeness (QED) is 0.801. The monoisotopic (exact) mass is 255 g/mol. The summed E-state index contributed by atoms with van der Waals surface area (Å²) < 4.78 is 11.7. The molecule has 0 aliphatic rings. The zero-order chi connectivity index (χ0) is 12.7. The molecule has 2 unspecified atom stereocenters. The number of hydrogen-bond acceptors (Lipinski definition) is 3. The molecule has 0 saturated heterocycles. The van der Waals surface area contributed by atoms with E-state index in [0.717, 1.165) is 0 Å². The molecule has 94 valence electrons. The highest BCUT2D eigenvalue weighted by atomic mass is 32.2. The molecule has 0 aliphatic heterocycles. The second-order valence-corrected chi connectivity index (χ2v) is 5.54. The first-order valence-corrected chi connectivity index (χ1v) is 6.87. The van der Waals surface area contributed by atoms with E-state index >= 15 is 0 Å². The molecule has 1 aromatic carbocycles. The molecule has 0 aromatic heterocycles. The zero-order valence-electron chi connectivity index (χ0n) is 9.76. The van der Waals surface area contributed by atoms with E-state index in [1.165, 1.54) is 0 Å². The molecular formula is C12H17NO3S. The number of nitrogens with one attached hydrogen (secondary N) is 1. The molecular weight excluding hydrogens is 238 g/mol. The molecule has 5 heteroatoms. The number of carbonyl (C=O) groups excluding carboxylic acids is 1. The van der Waals surface area contributed by atoms with Crippen LogP contribution in [0.1, 0.15) is 13.3 Å². The van der Waals surface area contributed by atoms with Gasteiger partial charge in [0.05, 0.1) is 0 Å². The Labute approximate surface area is 104 Å². The van der Waals surface area contributed by atoms with Gasteiger partial charge in [0.15, 0.2) is 0 Å². The van der Waals surface area contributed by atoms with Crippen LogP contribution in [0.4, 0.5) is 5.69 Å². The summed E-state index contributed by atoms with van der Waals surface area (Å²) in [6.45, 7) is 1.63. The van der Waals surface area contributed by atoms with E-state index in [1.807, 2.05) is 18.2 Å². The maximum Gasteiger partial charge on any atom is 0.239 e. The lowest BCUT2D eigenvalue weighted by molar-refractivity contribution is -0.115. The van der Waals surface area contributed by atoms with Gasteiger partial charge in [-0.15, -0.1) is 0 Å². The van der Waals surface area contributed by atoms with Gasteiger partial charge in [-0.05, 0) is 25.5 Å². The Balaban J connectivity index is 2.50. The molecule has 1 rings (SSSR count). The number of carbonyl (C=O) groups is 1. The second-order valence-electron chi connectivity index (χ2n) is 3.66. The molecule has 1 aromatic rings. The molecule has 0 heterocycles. The van der Waals surface area contributed by atoms with Gasteiger partial charge in [0.2, 0.25) is 5.91 Å². The number of rotatable bonds is 6. The summed E-state index contributed by atoms with van der Waals surface area (Å²) in [5.41, 5.74) is 0.698. The summed E-state index contributed by atoms with van der Waals surface area (Å²) in [7, 11) is -1.24. The van der Waals surface area contributed by atoms with Gasteiger partial charge >= 0.3 is 0 Å². The first-order valence-electron chi connectivity index (χ1n) is 5.49. The van der Waals surface area contributed by atoms with Crippen LogP contribution in [0.2, 0.25) is 0 Å². The Hall–Kier alpha value is -1.20. The lowest BCUT2D eigenvalue weighted by Gasteiger charge is -2.11. The fourth-order valence-corrected chi connectivity index (χ4v) is 2.33. The topological polar surface area (TPSA) is 66.4 Å². The van der Waals surface area contributed by atoms with E-state index < -0.39 is 16.0 Å². The van der Waals surface area contributed by atoms with E-state index in [4.69, 9.17) is 5.11 Å². The van der Waals surface area contributed by atoms with Crippen LogP contribution in [0.3, 0.4) is 0 Å². The smallest absolute Gasteiger partial charge is 0.239 e. The van der Waals surface area contributed by atoms with Crippen LogP contribution in [-0.4, -0.2) is 32.8 Å². The highest BCUT2D eigenvalue weighted by Crippen LogP contribution is 2.07. The highest BCUT2D eigenvalue weighted by Gasteiger charge is 2.19. The van der Waals surface area contributed by atoms with Crippen LogP contribution in [0, 0.1) is 0 Å². The summed E-state index contributed by atoms with van der Waals surface area (Å²) in [4.78, 5) is 11.8. The number of benzene rings is 1. The molecule has 17 heavy (non-hydrogen) atoms. The summed E-state index contributed by atoms with van der Waals surface area (Å²) in [5.74, 6) is 0.0901. The molecule has 1 amide bonds. The van der Waals surface area contributed by atoms with Crippen molar-refractivity contribution in [2.75, 3.05) is 17.7 Å². The number of aliphatic hydroxyl groups is 1.